The van der Waals surface area contributed by atoms with Gasteiger partial charge in [0.15, 0.2) is 17.5 Å². The lowest BCUT2D eigenvalue weighted by atomic mass is 10.0. The predicted octanol–water partition coefficient (Wildman–Crippen LogP) is 3.49. The molecule has 0 aliphatic rings. The largest absolute Gasteiger partial charge is 0.398 e. The van der Waals surface area contributed by atoms with Crippen LogP contribution in [0.25, 0.3) is 11.1 Å². The van der Waals surface area contributed by atoms with Crippen LogP contribution >= 0.6 is 0 Å². The van der Waals surface area contributed by atoms with Crippen LogP contribution in [0.15, 0.2) is 30.3 Å². The number of anilines is 1. The van der Waals surface area contributed by atoms with Crippen molar-refractivity contribution in [3.05, 3.63) is 53.6 Å². The zero-order valence-electron chi connectivity index (χ0n) is 8.48. The summed E-state index contributed by atoms with van der Waals surface area (Å²) in [5.41, 5.74) is 5.32. The van der Waals surface area contributed by atoms with E-state index in [9.17, 15) is 17.6 Å². The van der Waals surface area contributed by atoms with Crippen molar-refractivity contribution in [3.8, 4) is 11.1 Å². The Morgan fingerprint density at radius 1 is 0.765 bits per heavy atom. The molecule has 5 heteroatoms. The number of halogens is 4. The topological polar surface area (TPSA) is 26.0 Å². The minimum atomic E-state index is -1.61. The molecule has 2 aromatic rings. The standard InChI is InChI=1S/C12H7F4N/c13-6-1-4-10(17)8(5-6)7-2-3-9(14)12(16)11(7)15/h1-5H,17H2. The van der Waals surface area contributed by atoms with Gasteiger partial charge in [-0.1, -0.05) is 0 Å². The lowest BCUT2D eigenvalue weighted by Crippen LogP contribution is -1.97. The number of nitrogens with two attached hydrogens (primary N) is 1. The third-order valence-electron chi connectivity index (χ3n) is 2.34. The Bertz CT molecular complexity index is 581. The molecule has 0 saturated heterocycles. The normalized spacial score (nSPS) is 10.6. The van der Waals surface area contributed by atoms with Crippen molar-refractivity contribution in [2.45, 2.75) is 0 Å². The van der Waals surface area contributed by atoms with E-state index in [2.05, 4.69) is 0 Å². The highest BCUT2D eigenvalue weighted by atomic mass is 19.2. The summed E-state index contributed by atoms with van der Waals surface area (Å²) in [5.74, 6) is -4.94. The molecular weight excluding hydrogens is 234 g/mol. The number of nitrogen functional groups attached to an aromatic ring is 1. The van der Waals surface area contributed by atoms with E-state index >= 15 is 0 Å². The summed E-state index contributed by atoms with van der Waals surface area (Å²) in [6.07, 6.45) is 0. The zero-order valence-corrected chi connectivity index (χ0v) is 8.48. The van der Waals surface area contributed by atoms with Crippen molar-refractivity contribution in [1.82, 2.24) is 0 Å². The van der Waals surface area contributed by atoms with Gasteiger partial charge < -0.3 is 5.73 Å². The Kier molecular flexibility index (Phi) is 2.75. The Hall–Kier alpha value is -2.04. The smallest absolute Gasteiger partial charge is 0.195 e. The highest BCUT2D eigenvalue weighted by Crippen LogP contribution is 2.30. The first-order valence-electron chi connectivity index (χ1n) is 4.69. The maximum atomic E-state index is 13.5. The van der Waals surface area contributed by atoms with Crippen LogP contribution in [-0.4, -0.2) is 0 Å². The molecule has 0 unspecified atom stereocenters. The molecule has 0 aliphatic heterocycles. The van der Waals surface area contributed by atoms with Crippen LogP contribution in [0.3, 0.4) is 0 Å². The van der Waals surface area contributed by atoms with E-state index in [0.717, 1.165) is 24.3 Å². The van der Waals surface area contributed by atoms with E-state index in [1.165, 1.54) is 6.07 Å². The Morgan fingerprint density at radius 3 is 2.18 bits per heavy atom. The molecule has 0 bridgehead atoms. The molecule has 2 N–H and O–H groups in total. The SMILES string of the molecule is Nc1ccc(F)cc1-c1ccc(F)c(F)c1F. The molecule has 0 aliphatic carbocycles. The number of hydrogen-bond donors (Lipinski definition) is 1. The summed E-state index contributed by atoms with van der Waals surface area (Å²) in [6.45, 7) is 0. The third kappa shape index (κ3) is 1.95. The monoisotopic (exact) mass is 241 g/mol. The second-order valence-electron chi connectivity index (χ2n) is 3.45. The van der Waals surface area contributed by atoms with Crippen molar-refractivity contribution in [1.29, 1.82) is 0 Å². The summed E-state index contributed by atoms with van der Waals surface area (Å²) in [7, 11) is 0. The molecule has 88 valence electrons. The molecule has 0 radical (unpaired) electrons. The van der Waals surface area contributed by atoms with Gasteiger partial charge in [-0.25, -0.2) is 17.6 Å². The number of rotatable bonds is 1. The van der Waals surface area contributed by atoms with E-state index in [4.69, 9.17) is 5.73 Å². The van der Waals surface area contributed by atoms with Gasteiger partial charge in [0, 0.05) is 16.8 Å². The lowest BCUT2D eigenvalue weighted by Gasteiger charge is -2.08. The van der Waals surface area contributed by atoms with E-state index in [0.29, 0.717) is 0 Å². The van der Waals surface area contributed by atoms with Crippen LogP contribution < -0.4 is 5.73 Å². The molecule has 17 heavy (non-hydrogen) atoms. The average Bonchev–Trinajstić information content (AvgIpc) is 2.30. The predicted molar refractivity (Wildman–Crippen MR) is 56.1 cm³/mol. The quantitative estimate of drug-likeness (QED) is 0.461. The second kappa shape index (κ2) is 4.08. The summed E-state index contributed by atoms with van der Waals surface area (Å²) < 4.78 is 52.2. The summed E-state index contributed by atoms with van der Waals surface area (Å²) in [4.78, 5) is 0. The van der Waals surface area contributed by atoms with Crippen molar-refractivity contribution in [2.75, 3.05) is 5.73 Å². The number of benzene rings is 2. The first-order chi connectivity index (χ1) is 8.00. The number of hydrogen-bond acceptors (Lipinski definition) is 1. The molecule has 2 rings (SSSR count). The second-order valence-corrected chi connectivity index (χ2v) is 3.45. The average molecular weight is 241 g/mol. The minimum Gasteiger partial charge on any atom is -0.398 e. The van der Waals surface area contributed by atoms with Gasteiger partial charge >= 0.3 is 0 Å². The molecule has 0 spiro atoms. The van der Waals surface area contributed by atoms with Crippen LogP contribution in [0.4, 0.5) is 23.2 Å². The van der Waals surface area contributed by atoms with E-state index in [1.54, 1.807) is 0 Å². The molecule has 2 aromatic carbocycles. The van der Waals surface area contributed by atoms with Crippen molar-refractivity contribution < 1.29 is 17.6 Å². The van der Waals surface area contributed by atoms with E-state index in [-0.39, 0.29) is 16.8 Å². The molecule has 0 atom stereocenters. The fourth-order valence-electron chi connectivity index (χ4n) is 1.50. The first kappa shape index (κ1) is 11.4. The van der Waals surface area contributed by atoms with Gasteiger partial charge in [0.25, 0.3) is 0 Å². The van der Waals surface area contributed by atoms with Gasteiger partial charge in [0.05, 0.1) is 0 Å². The van der Waals surface area contributed by atoms with Gasteiger partial charge in [0.1, 0.15) is 5.82 Å². The molecule has 1 nitrogen and oxygen atoms in total. The fourth-order valence-corrected chi connectivity index (χ4v) is 1.50. The van der Waals surface area contributed by atoms with Gasteiger partial charge in [-0.2, -0.15) is 0 Å². The van der Waals surface area contributed by atoms with Crippen molar-refractivity contribution >= 4 is 5.69 Å². The molecule has 0 saturated carbocycles. The van der Waals surface area contributed by atoms with Crippen LogP contribution in [0, 0.1) is 23.3 Å². The maximum Gasteiger partial charge on any atom is 0.195 e. The first-order valence-corrected chi connectivity index (χ1v) is 4.69. The van der Waals surface area contributed by atoms with E-state index in [1.807, 2.05) is 0 Å². The zero-order chi connectivity index (χ0) is 12.6. The van der Waals surface area contributed by atoms with Crippen LogP contribution in [0.2, 0.25) is 0 Å². The van der Waals surface area contributed by atoms with Gasteiger partial charge in [-0.3, -0.25) is 0 Å². The van der Waals surface area contributed by atoms with Crippen LogP contribution in [0.1, 0.15) is 0 Å². The van der Waals surface area contributed by atoms with Gasteiger partial charge in [0.2, 0.25) is 0 Å². The molecule has 0 aromatic heterocycles. The molecule has 0 fully saturated rings. The van der Waals surface area contributed by atoms with E-state index < -0.39 is 23.3 Å². The van der Waals surface area contributed by atoms with Crippen LogP contribution in [-0.2, 0) is 0 Å². The highest BCUT2D eigenvalue weighted by molar-refractivity contribution is 5.76. The minimum absolute atomic E-state index is 0.0126. The van der Waals surface area contributed by atoms with Gasteiger partial charge in [-0.05, 0) is 30.3 Å². The molecule has 0 amide bonds. The Labute approximate surface area is 94.5 Å². The fraction of sp³-hybridized carbons (Fsp3) is 0. The van der Waals surface area contributed by atoms with Crippen LogP contribution in [0.5, 0.6) is 0 Å². The van der Waals surface area contributed by atoms with Crippen molar-refractivity contribution in [2.24, 2.45) is 0 Å². The summed E-state index contributed by atoms with van der Waals surface area (Å²) in [6, 6.07) is 5.06. The Morgan fingerprint density at radius 2 is 1.47 bits per heavy atom. The van der Waals surface area contributed by atoms with Gasteiger partial charge in [-0.15, -0.1) is 0 Å². The third-order valence-corrected chi connectivity index (χ3v) is 2.34. The lowest BCUT2D eigenvalue weighted by molar-refractivity contribution is 0.449. The summed E-state index contributed by atoms with van der Waals surface area (Å²) >= 11 is 0. The van der Waals surface area contributed by atoms with Crippen molar-refractivity contribution in [3.63, 3.8) is 0 Å². The Balaban J connectivity index is 2.69. The molecular formula is C12H7F4N. The maximum absolute atomic E-state index is 13.5. The molecule has 0 heterocycles. The summed E-state index contributed by atoms with van der Waals surface area (Å²) in [5, 5.41) is 0. The highest BCUT2D eigenvalue weighted by Gasteiger charge is 2.16.